The fourth-order valence-electron chi connectivity index (χ4n) is 2.18. The van der Waals surface area contributed by atoms with Crippen LogP contribution in [0.5, 0.6) is 0 Å². The number of carbonyl (C=O) groups excluding carboxylic acids is 1. The van der Waals surface area contributed by atoms with Crippen molar-refractivity contribution in [1.82, 2.24) is 10.4 Å². The van der Waals surface area contributed by atoms with Gasteiger partial charge in [-0.05, 0) is 26.0 Å². The quantitative estimate of drug-likeness (QED) is 0.449. The van der Waals surface area contributed by atoms with Gasteiger partial charge in [0, 0.05) is 16.5 Å². The van der Waals surface area contributed by atoms with Crippen LogP contribution in [-0.4, -0.2) is 16.6 Å². The SMILES string of the molecule is C/C(=N/NC(=O)Cc1nc(C)cs1)c1cc2ccccc2oc1=O. The number of thiazole rings is 1. The molecule has 0 spiro atoms. The first-order valence-corrected chi connectivity index (χ1v) is 8.18. The van der Waals surface area contributed by atoms with Crippen molar-refractivity contribution in [1.29, 1.82) is 0 Å². The van der Waals surface area contributed by atoms with Crippen LogP contribution in [0.4, 0.5) is 0 Å². The van der Waals surface area contributed by atoms with Gasteiger partial charge in [-0.25, -0.2) is 15.2 Å². The van der Waals surface area contributed by atoms with Crippen molar-refractivity contribution in [2.24, 2.45) is 5.10 Å². The van der Waals surface area contributed by atoms with Crippen LogP contribution in [0.2, 0.25) is 0 Å². The molecule has 0 aliphatic rings. The van der Waals surface area contributed by atoms with E-state index in [0.29, 0.717) is 16.9 Å². The summed E-state index contributed by atoms with van der Waals surface area (Å²) in [6, 6.07) is 8.93. The lowest BCUT2D eigenvalue weighted by Gasteiger charge is -2.03. The molecule has 0 unspecified atom stereocenters. The minimum atomic E-state index is -0.486. The van der Waals surface area contributed by atoms with E-state index >= 15 is 0 Å². The maximum absolute atomic E-state index is 12.0. The number of amides is 1. The largest absolute Gasteiger partial charge is 0.422 e. The number of rotatable bonds is 4. The first-order chi connectivity index (χ1) is 11.5. The van der Waals surface area contributed by atoms with E-state index in [9.17, 15) is 9.59 Å². The zero-order valence-electron chi connectivity index (χ0n) is 13.2. The average molecular weight is 341 g/mol. The molecule has 1 aromatic carbocycles. The number of carbonyl (C=O) groups is 1. The summed E-state index contributed by atoms with van der Waals surface area (Å²) in [6.45, 7) is 3.52. The topological polar surface area (TPSA) is 84.6 Å². The number of hydrogen-bond donors (Lipinski definition) is 1. The Bertz CT molecular complexity index is 988. The fraction of sp³-hybridized carbons (Fsp3) is 0.176. The van der Waals surface area contributed by atoms with E-state index in [2.05, 4.69) is 15.5 Å². The van der Waals surface area contributed by atoms with Crippen molar-refractivity contribution in [3.63, 3.8) is 0 Å². The van der Waals surface area contributed by atoms with E-state index in [4.69, 9.17) is 4.42 Å². The second-order valence-electron chi connectivity index (χ2n) is 5.28. The summed E-state index contributed by atoms with van der Waals surface area (Å²) in [5.41, 5.74) is 4.07. The molecule has 0 radical (unpaired) electrons. The normalized spacial score (nSPS) is 11.7. The lowest BCUT2D eigenvalue weighted by molar-refractivity contribution is -0.120. The molecule has 7 heteroatoms. The Labute approximate surface area is 141 Å². The molecule has 122 valence electrons. The van der Waals surface area contributed by atoms with E-state index in [-0.39, 0.29) is 12.3 Å². The molecule has 0 aliphatic carbocycles. The van der Waals surface area contributed by atoms with Crippen molar-refractivity contribution < 1.29 is 9.21 Å². The number of fused-ring (bicyclic) bond motifs is 1. The van der Waals surface area contributed by atoms with Gasteiger partial charge in [0.15, 0.2) is 0 Å². The van der Waals surface area contributed by atoms with Crippen LogP contribution in [0.15, 0.2) is 50.0 Å². The average Bonchev–Trinajstić information content (AvgIpc) is 2.96. The van der Waals surface area contributed by atoms with Crippen LogP contribution in [0, 0.1) is 6.92 Å². The van der Waals surface area contributed by atoms with Gasteiger partial charge in [-0.1, -0.05) is 18.2 Å². The molecule has 2 aromatic heterocycles. The molecule has 0 fully saturated rings. The van der Waals surface area contributed by atoms with E-state index in [1.165, 1.54) is 11.3 Å². The third-order valence-corrected chi connectivity index (χ3v) is 4.32. The van der Waals surface area contributed by atoms with Crippen LogP contribution in [0.3, 0.4) is 0 Å². The standard InChI is InChI=1S/C17H15N3O3S/c1-10-9-24-16(18-10)8-15(21)20-19-11(2)13-7-12-5-3-4-6-14(12)23-17(13)22/h3-7,9H,8H2,1-2H3,(H,20,21)/b19-11-. The van der Waals surface area contributed by atoms with Gasteiger partial charge in [-0.2, -0.15) is 5.10 Å². The molecule has 3 aromatic rings. The summed E-state index contributed by atoms with van der Waals surface area (Å²) >= 11 is 1.43. The molecule has 0 atom stereocenters. The number of hydrazone groups is 1. The molecule has 2 heterocycles. The van der Waals surface area contributed by atoms with Crippen LogP contribution in [0.25, 0.3) is 11.0 Å². The minimum absolute atomic E-state index is 0.154. The fourth-order valence-corrected chi connectivity index (χ4v) is 2.95. The predicted octanol–water partition coefficient (Wildman–Crippen LogP) is 2.64. The first-order valence-electron chi connectivity index (χ1n) is 7.30. The number of nitrogens with zero attached hydrogens (tertiary/aromatic N) is 2. The maximum Gasteiger partial charge on any atom is 0.345 e. The van der Waals surface area contributed by atoms with Crippen LogP contribution >= 0.6 is 11.3 Å². The zero-order chi connectivity index (χ0) is 17.1. The summed E-state index contributed by atoms with van der Waals surface area (Å²) in [7, 11) is 0. The summed E-state index contributed by atoms with van der Waals surface area (Å²) in [5.74, 6) is -0.283. The van der Waals surface area contributed by atoms with Crippen molar-refractivity contribution >= 4 is 33.9 Å². The third kappa shape index (κ3) is 3.57. The molecule has 24 heavy (non-hydrogen) atoms. The molecule has 1 amide bonds. The first kappa shape index (κ1) is 16.1. The highest BCUT2D eigenvalue weighted by molar-refractivity contribution is 7.09. The molecular formula is C17H15N3O3S. The maximum atomic E-state index is 12.0. The zero-order valence-corrected chi connectivity index (χ0v) is 14.0. The van der Waals surface area contributed by atoms with Gasteiger partial charge in [0.2, 0.25) is 5.91 Å². The number of hydrogen-bond acceptors (Lipinski definition) is 6. The molecule has 0 aliphatic heterocycles. The number of para-hydroxylation sites is 1. The van der Waals surface area contributed by atoms with Gasteiger partial charge < -0.3 is 4.42 Å². The second kappa shape index (κ2) is 6.76. The van der Waals surface area contributed by atoms with E-state index in [1.54, 1.807) is 25.1 Å². The number of nitrogens with one attached hydrogen (secondary N) is 1. The highest BCUT2D eigenvalue weighted by atomic mass is 32.1. The van der Waals surface area contributed by atoms with Crippen molar-refractivity contribution in [2.45, 2.75) is 20.3 Å². The van der Waals surface area contributed by atoms with Gasteiger partial charge in [-0.3, -0.25) is 4.79 Å². The number of benzene rings is 1. The third-order valence-electron chi connectivity index (χ3n) is 3.36. The lowest BCUT2D eigenvalue weighted by Crippen LogP contribution is -2.22. The monoisotopic (exact) mass is 341 g/mol. The molecule has 0 bridgehead atoms. The van der Waals surface area contributed by atoms with Gasteiger partial charge in [0.05, 0.1) is 17.7 Å². The van der Waals surface area contributed by atoms with E-state index < -0.39 is 5.63 Å². The van der Waals surface area contributed by atoms with Crippen LogP contribution in [0.1, 0.15) is 23.2 Å². The molecule has 0 saturated carbocycles. The minimum Gasteiger partial charge on any atom is -0.422 e. The summed E-state index contributed by atoms with van der Waals surface area (Å²) in [5, 5.41) is 7.41. The summed E-state index contributed by atoms with van der Waals surface area (Å²) in [6.07, 6.45) is 0.154. The Kier molecular flexibility index (Phi) is 4.52. The van der Waals surface area contributed by atoms with Crippen LogP contribution in [-0.2, 0) is 11.2 Å². The van der Waals surface area contributed by atoms with E-state index in [1.807, 2.05) is 24.4 Å². The number of aromatic nitrogens is 1. The van der Waals surface area contributed by atoms with Crippen molar-refractivity contribution in [3.8, 4) is 0 Å². The highest BCUT2D eigenvalue weighted by Gasteiger charge is 2.10. The Morgan fingerprint density at radius 2 is 2.17 bits per heavy atom. The van der Waals surface area contributed by atoms with Gasteiger partial charge in [-0.15, -0.1) is 11.3 Å². The van der Waals surface area contributed by atoms with Crippen LogP contribution < -0.4 is 11.1 Å². The Morgan fingerprint density at radius 3 is 2.92 bits per heavy atom. The van der Waals surface area contributed by atoms with Gasteiger partial charge in [0.1, 0.15) is 10.6 Å². The number of aryl methyl sites for hydroxylation is 1. The molecule has 6 nitrogen and oxygen atoms in total. The molecular weight excluding hydrogens is 326 g/mol. The van der Waals surface area contributed by atoms with Crippen molar-refractivity contribution in [3.05, 3.63) is 62.4 Å². The molecule has 1 N–H and O–H groups in total. The Hall–Kier alpha value is -2.80. The predicted molar refractivity (Wildman–Crippen MR) is 93.4 cm³/mol. The summed E-state index contributed by atoms with van der Waals surface area (Å²) < 4.78 is 5.26. The smallest absolute Gasteiger partial charge is 0.345 e. The van der Waals surface area contributed by atoms with Gasteiger partial charge >= 0.3 is 5.63 Å². The molecule has 0 saturated heterocycles. The lowest BCUT2D eigenvalue weighted by atomic mass is 10.1. The second-order valence-corrected chi connectivity index (χ2v) is 6.22. The van der Waals surface area contributed by atoms with Gasteiger partial charge in [0.25, 0.3) is 0 Å². The Balaban J connectivity index is 1.77. The van der Waals surface area contributed by atoms with E-state index in [0.717, 1.165) is 16.1 Å². The summed E-state index contributed by atoms with van der Waals surface area (Å²) in [4.78, 5) is 28.2. The van der Waals surface area contributed by atoms with Crippen molar-refractivity contribution in [2.75, 3.05) is 0 Å². The Morgan fingerprint density at radius 1 is 1.38 bits per heavy atom. The molecule has 3 rings (SSSR count). The highest BCUT2D eigenvalue weighted by Crippen LogP contribution is 2.13.